The molecule has 0 heterocycles. The molecule has 0 saturated carbocycles. The van der Waals surface area contributed by atoms with Gasteiger partial charge in [-0.05, 0) is 0 Å². The summed E-state index contributed by atoms with van der Waals surface area (Å²) in [6, 6.07) is 0. The lowest BCUT2D eigenvalue weighted by Crippen LogP contribution is -1.47. The average Bonchev–Trinajstić information content (AvgIpc) is 1.69. The minimum atomic E-state index is -0.682. The maximum absolute atomic E-state index is 9.54. The first-order chi connectivity index (χ1) is 3.41. The van der Waals surface area contributed by atoms with Gasteiger partial charge in [-0.3, -0.25) is 4.79 Å². The molecule has 0 bridgehead atoms. The van der Waals surface area contributed by atoms with Crippen LogP contribution in [0.4, 0.5) is 0 Å². The lowest BCUT2D eigenvalue weighted by Gasteiger charge is -1.75. The first kappa shape index (κ1) is 8.24. The fourth-order valence-corrected chi connectivity index (χ4v) is 1.87. The standard InChI is InChI=1S/CHI2NO2S/c2-7-6-4-3-1-5/h1H. The maximum atomic E-state index is 9.54. The zero-order valence-electron chi connectivity index (χ0n) is 3.01. The molecular weight excluding hydrogens is 344 g/mol. The van der Waals surface area contributed by atoms with Crippen molar-refractivity contribution >= 4 is 55.7 Å². The smallest absolute Gasteiger partial charge is 0.194 e. The number of carbonyl (C=O) groups excluding carboxylic acids is 1. The second kappa shape index (κ2) is 7.24. The molecule has 3 nitrogen and oxygen atoms in total. The molecule has 0 spiro atoms. The molecule has 0 N–H and O–H groups in total. The molecule has 0 aromatic rings. The summed E-state index contributed by atoms with van der Waals surface area (Å²) in [5.74, 6) is 0. The Bertz CT molecular complexity index is 76.1. The van der Waals surface area contributed by atoms with Crippen LogP contribution in [-0.2, 0) is 9.08 Å². The highest BCUT2D eigenvalue weighted by Crippen LogP contribution is 2.14. The Balaban J connectivity index is 2.92. The predicted octanol–water partition coefficient (Wildman–Crippen LogP) is 2.26. The number of halogens is 2. The van der Waals surface area contributed by atoms with E-state index in [0.717, 1.165) is 13.5 Å². The van der Waals surface area contributed by atoms with Crippen molar-refractivity contribution in [2.75, 3.05) is 0 Å². The lowest BCUT2D eigenvalue weighted by molar-refractivity contribution is 0.433. The van der Waals surface area contributed by atoms with E-state index in [-0.39, 0.29) is 0 Å². The van der Waals surface area contributed by atoms with E-state index < -0.39 is 21.0 Å². The normalized spacial score (nSPS) is 11.0. The topological polar surface area (TPSA) is 38.7 Å². The quantitative estimate of drug-likeness (QED) is 0.259. The molecular formula is CHI2NO2S. The Morgan fingerprint density at radius 2 is 2.71 bits per heavy atom. The van der Waals surface area contributed by atoms with Crippen molar-refractivity contribution in [1.29, 1.82) is 0 Å². The van der Waals surface area contributed by atoms with E-state index in [4.69, 9.17) is 0 Å². The minimum Gasteiger partial charge on any atom is -0.290 e. The third-order valence-electron chi connectivity index (χ3n) is 0.136. The van der Waals surface area contributed by atoms with Gasteiger partial charge < -0.3 is 0 Å². The second-order valence-electron chi connectivity index (χ2n) is 0.393. The summed E-state index contributed by atoms with van der Waals surface area (Å²) in [5.41, 5.74) is 0. The van der Waals surface area contributed by atoms with Crippen LogP contribution in [0.2, 0.25) is 0 Å². The summed E-state index contributed by atoms with van der Waals surface area (Å²) in [5, 5.41) is 0. The summed E-state index contributed by atoms with van der Waals surface area (Å²) < 4.78 is 8.61. The molecule has 7 heavy (non-hydrogen) atoms. The molecule has 0 aliphatic heterocycles. The summed E-state index contributed by atoms with van der Waals surface area (Å²) in [7, 11) is 1.11. The summed E-state index contributed by atoms with van der Waals surface area (Å²) in [6.07, 6.45) is 0. The number of carbonyl (C=O) groups is 1. The van der Waals surface area contributed by atoms with Crippen LogP contribution in [-0.4, -0.2) is 4.29 Å². The molecule has 0 unspecified atom stereocenters. The van der Waals surface area contributed by atoms with Crippen molar-refractivity contribution in [3.63, 3.8) is 0 Å². The number of rotatable bonds is 3. The van der Waals surface area contributed by atoms with E-state index in [1.807, 2.05) is 21.2 Å². The van der Waals surface area contributed by atoms with Crippen LogP contribution >= 0.6 is 51.5 Å². The average molecular weight is 345 g/mol. The molecule has 0 atom stereocenters. The molecule has 6 heteroatoms. The molecule has 0 amide bonds. The van der Waals surface area contributed by atoms with Gasteiger partial charge in [-0.25, -0.2) is 0 Å². The Kier molecular flexibility index (Phi) is 8.52. The van der Waals surface area contributed by atoms with Crippen molar-refractivity contribution in [2.24, 2.45) is 3.31 Å². The van der Waals surface area contributed by atoms with Crippen LogP contribution in [0, 0.1) is 0 Å². The van der Waals surface area contributed by atoms with E-state index in [0.29, 0.717) is 0 Å². The van der Waals surface area contributed by atoms with Gasteiger partial charge in [0.05, 0.1) is 9.21 Å². The summed E-state index contributed by atoms with van der Waals surface area (Å²) in [4.78, 5) is 9.54. The van der Waals surface area contributed by atoms with Crippen LogP contribution in [0.1, 0.15) is 0 Å². The Labute approximate surface area is 67.5 Å². The Hall–Kier alpha value is 1.24. The van der Waals surface area contributed by atoms with E-state index in [9.17, 15) is 4.79 Å². The van der Waals surface area contributed by atoms with Crippen molar-refractivity contribution in [3.8, 4) is 0 Å². The maximum Gasteiger partial charge on any atom is 0.194 e. The molecule has 0 aromatic carbocycles. The molecule has 0 fully saturated rings. The van der Waals surface area contributed by atoms with Crippen LogP contribution in [0.3, 0.4) is 0 Å². The van der Waals surface area contributed by atoms with Crippen LogP contribution in [0.5, 0.6) is 0 Å². The monoisotopic (exact) mass is 345 g/mol. The fraction of sp³-hybridized carbons (Fsp3) is 0. The van der Waals surface area contributed by atoms with Gasteiger partial charge in [-0.2, -0.15) is 4.28 Å². The number of hydrogen-bond acceptors (Lipinski definition) is 4. The van der Waals surface area contributed by atoms with Crippen molar-refractivity contribution < 1.29 is 9.08 Å². The largest absolute Gasteiger partial charge is 0.290 e. The molecule has 0 rings (SSSR count). The van der Waals surface area contributed by atoms with Gasteiger partial charge in [0, 0.05) is 21.2 Å². The Morgan fingerprint density at radius 3 is 3.14 bits per heavy atom. The third-order valence-corrected chi connectivity index (χ3v) is 1.67. The fourth-order valence-electron chi connectivity index (χ4n) is 0.0432. The van der Waals surface area contributed by atoms with E-state index in [1.54, 1.807) is 0 Å². The van der Waals surface area contributed by atoms with Gasteiger partial charge in [0.2, 0.25) is 0 Å². The highest BCUT2D eigenvalue weighted by molar-refractivity contribution is 14.2. The van der Waals surface area contributed by atoms with E-state index >= 15 is 0 Å². The first-order valence-electron chi connectivity index (χ1n) is 1.13. The first-order valence-corrected chi connectivity index (χ1v) is 6.62. The molecule has 0 saturated heterocycles. The zero-order chi connectivity index (χ0) is 5.54. The molecule has 0 radical (unpaired) electrons. The SMILES string of the molecule is O=C/I=N/OSI. The van der Waals surface area contributed by atoms with Crippen LogP contribution in [0.15, 0.2) is 3.31 Å². The molecule has 0 aromatic heterocycles. The second-order valence-corrected chi connectivity index (χ2v) is 3.21. The van der Waals surface area contributed by atoms with Gasteiger partial charge in [0.25, 0.3) is 0 Å². The lowest BCUT2D eigenvalue weighted by atomic mass is 11.9. The summed E-state index contributed by atoms with van der Waals surface area (Å²) in [6.45, 7) is 0. The Morgan fingerprint density at radius 1 is 2.00 bits per heavy atom. The minimum absolute atomic E-state index is 0.682. The highest BCUT2D eigenvalue weighted by Gasteiger charge is 1.70. The van der Waals surface area contributed by atoms with Gasteiger partial charge in [0.15, 0.2) is 4.29 Å². The van der Waals surface area contributed by atoms with Gasteiger partial charge in [-0.1, -0.05) is 3.31 Å². The van der Waals surface area contributed by atoms with Crippen LogP contribution in [0.25, 0.3) is 0 Å². The van der Waals surface area contributed by atoms with Crippen molar-refractivity contribution in [2.45, 2.75) is 0 Å². The number of hydrogen-bond donors (Lipinski definition) is 0. The van der Waals surface area contributed by atoms with E-state index in [1.165, 1.54) is 0 Å². The zero-order valence-corrected chi connectivity index (χ0v) is 8.14. The van der Waals surface area contributed by atoms with Gasteiger partial charge >= 0.3 is 0 Å². The summed E-state index contributed by atoms with van der Waals surface area (Å²) >= 11 is 1.25. The van der Waals surface area contributed by atoms with Gasteiger partial charge in [-0.15, -0.1) is 0 Å². The molecule has 0 aliphatic carbocycles. The third kappa shape index (κ3) is 7.24. The highest BCUT2D eigenvalue weighted by atomic mass is 127. The van der Waals surface area contributed by atoms with Crippen molar-refractivity contribution in [3.05, 3.63) is 0 Å². The van der Waals surface area contributed by atoms with Crippen LogP contribution < -0.4 is 0 Å². The van der Waals surface area contributed by atoms with E-state index in [2.05, 4.69) is 7.59 Å². The van der Waals surface area contributed by atoms with Gasteiger partial charge in [0.1, 0.15) is 21.0 Å². The molecule has 42 valence electrons. The molecule has 0 aliphatic rings. The predicted molar refractivity (Wildman–Crippen MR) is 45.9 cm³/mol. The van der Waals surface area contributed by atoms with Crippen molar-refractivity contribution in [1.82, 2.24) is 0 Å². The number of nitrogens with zero attached hydrogens (tertiary/aromatic N) is 1.